The standard InChI is InChI=1S/C27H33N3O2/c1-3-6-18(4-2)16-32-26-14-21-12-22(15-29-27(21)30-26)20-11-19-8-10-31-17-24(19)23(13-20)25-7-5-9-28-25/h3,6,11-13,15,25-26,28H,1,4-5,7-10,14,16-17H2,2H3,(H,29,30)/b18-6+/t25-,26?/m0/s1. The third kappa shape index (κ3) is 4.38. The number of nitrogens with one attached hydrogen (secondary N) is 2. The Bertz CT molecular complexity index is 1020. The van der Waals surface area contributed by atoms with Crippen molar-refractivity contribution in [3.05, 3.63) is 71.0 Å². The molecule has 1 aromatic carbocycles. The molecule has 0 amide bonds. The molecule has 5 heteroatoms. The van der Waals surface area contributed by atoms with Crippen molar-refractivity contribution in [2.24, 2.45) is 0 Å². The first-order chi connectivity index (χ1) is 15.7. The van der Waals surface area contributed by atoms with Gasteiger partial charge in [0.25, 0.3) is 0 Å². The van der Waals surface area contributed by atoms with E-state index in [2.05, 4.69) is 42.3 Å². The van der Waals surface area contributed by atoms with Gasteiger partial charge in [-0.1, -0.05) is 31.7 Å². The lowest BCUT2D eigenvalue weighted by molar-refractivity contribution is 0.0941. The Morgan fingerprint density at radius 3 is 3.00 bits per heavy atom. The molecule has 168 valence electrons. The van der Waals surface area contributed by atoms with Crippen molar-refractivity contribution in [3.8, 4) is 11.1 Å². The average Bonchev–Trinajstić information content (AvgIpc) is 3.50. The van der Waals surface area contributed by atoms with Crippen LogP contribution in [-0.4, -0.2) is 31.0 Å². The van der Waals surface area contributed by atoms with E-state index < -0.39 is 0 Å². The summed E-state index contributed by atoms with van der Waals surface area (Å²) in [5.41, 5.74) is 9.14. The Morgan fingerprint density at radius 2 is 2.19 bits per heavy atom. The Morgan fingerprint density at radius 1 is 1.28 bits per heavy atom. The molecule has 1 aromatic heterocycles. The van der Waals surface area contributed by atoms with Crippen LogP contribution in [0.25, 0.3) is 11.1 Å². The molecule has 2 N–H and O–H groups in total. The highest BCUT2D eigenvalue weighted by atomic mass is 16.5. The number of hydrogen-bond acceptors (Lipinski definition) is 5. The van der Waals surface area contributed by atoms with E-state index in [9.17, 15) is 0 Å². The van der Waals surface area contributed by atoms with E-state index in [4.69, 9.17) is 14.5 Å². The molecule has 1 fully saturated rings. The van der Waals surface area contributed by atoms with E-state index in [0.717, 1.165) is 44.8 Å². The lowest BCUT2D eigenvalue weighted by atomic mass is 9.88. The summed E-state index contributed by atoms with van der Waals surface area (Å²) in [7, 11) is 0. The Hall–Kier alpha value is -2.47. The van der Waals surface area contributed by atoms with Crippen molar-refractivity contribution in [2.45, 2.75) is 57.9 Å². The van der Waals surface area contributed by atoms with Crippen LogP contribution in [0.3, 0.4) is 0 Å². The molecule has 5 nitrogen and oxygen atoms in total. The number of aromatic nitrogens is 1. The van der Waals surface area contributed by atoms with Gasteiger partial charge in [-0.15, -0.1) is 0 Å². The zero-order valence-electron chi connectivity index (χ0n) is 19.0. The minimum Gasteiger partial charge on any atom is -0.376 e. The molecule has 3 aliphatic heterocycles. The maximum atomic E-state index is 6.11. The molecule has 1 unspecified atom stereocenters. The Kier molecular flexibility index (Phi) is 6.39. The van der Waals surface area contributed by atoms with Crippen LogP contribution in [0.1, 0.15) is 54.5 Å². The maximum absolute atomic E-state index is 6.11. The van der Waals surface area contributed by atoms with Gasteiger partial charge in [0.1, 0.15) is 12.0 Å². The van der Waals surface area contributed by atoms with Crippen LogP contribution >= 0.6 is 0 Å². The van der Waals surface area contributed by atoms with E-state index in [1.54, 1.807) is 0 Å². The minimum atomic E-state index is -0.0357. The monoisotopic (exact) mass is 431 g/mol. The fourth-order valence-corrected chi connectivity index (χ4v) is 5.04. The smallest absolute Gasteiger partial charge is 0.133 e. The van der Waals surface area contributed by atoms with Crippen molar-refractivity contribution in [2.75, 3.05) is 25.1 Å². The van der Waals surface area contributed by atoms with Gasteiger partial charge in [-0.3, -0.25) is 0 Å². The highest BCUT2D eigenvalue weighted by molar-refractivity contribution is 5.69. The van der Waals surface area contributed by atoms with Crippen LogP contribution in [0.15, 0.2) is 48.7 Å². The first-order valence-corrected chi connectivity index (χ1v) is 11.9. The molecule has 4 heterocycles. The summed E-state index contributed by atoms with van der Waals surface area (Å²) in [5, 5.41) is 7.11. The summed E-state index contributed by atoms with van der Waals surface area (Å²) in [5.74, 6) is 0.938. The van der Waals surface area contributed by atoms with Gasteiger partial charge in [-0.05, 0) is 77.8 Å². The van der Waals surface area contributed by atoms with Gasteiger partial charge >= 0.3 is 0 Å². The molecule has 2 atom stereocenters. The molecule has 0 spiro atoms. The van der Waals surface area contributed by atoms with Crippen molar-refractivity contribution < 1.29 is 9.47 Å². The van der Waals surface area contributed by atoms with Gasteiger partial charge in [-0.2, -0.15) is 0 Å². The number of nitrogens with zero attached hydrogens (tertiary/aromatic N) is 1. The van der Waals surface area contributed by atoms with E-state index in [1.165, 1.54) is 51.8 Å². The van der Waals surface area contributed by atoms with E-state index in [-0.39, 0.29) is 6.23 Å². The molecule has 0 saturated carbocycles. The molecule has 3 aliphatic rings. The van der Waals surface area contributed by atoms with Crippen LogP contribution in [0.4, 0.5) is 5.82 Å². The number of hydrogen-bond donors (Lipinski definition) is 2. The van der Waals surface area contributed by atoms with Gasteiger partial charge < -0.3 is 20.1 Å². The predicted molar refractivity (Wildman–Crippen MR) is 129 cm³/mol. The van der Waals surface area contributed by atoms with Crippen molar-refractivity contribution in [1.29, 1.82) is 0 Å². The van der Waals surface area contributed by atoms with Gasteiger partial charge in [0, 0.05) is 24.2 Å². The molecule has 1 saturated heterocycles. The topological polar surface area (TPSA) is 55.4 Å². The fraction of sp³-hybridized carbons (Fsp3) is 0.444. The van der Waals surface area contributed by atoms with Crippen molar-refractivity contribution >= 4 is 5.82 Å². The number of rotatable bonds is 7. The number of fused-ring (bicyclic) bond motifs is 2. The summed E-state index contributed by atoms with van der Waals surface area (Å²) in [6, 6.07) is 7.43. The molecule has 0 aliphatic carbocycles. The highest BCUT2D eigenvalue weighted by Crippen LogP contribution is 2.36. The molecule has 2 aromatic rings. The third-order valence-electron chi connectivity index (χ3n) is 6.86. The average molecular weight is 432 g/mol. The summed E-state index contributed by atoms with van der Waals surface area (Å²) < 4.78 is 11.9. The molecule has 5 rings (SSSR count). The second-order valence-electron chi connectivity index (χ2n) is 8.95. The first kappa shape index (κ1) is 21.4. The normalized spacial score (nSPS) is 22.3. The molecular weight excluding hydrogens is 398 g/mol. The second-order valence-corrected chi connectivity index (χ2v) is 8.95. The SMILES string of the molecule is C=C/C=C(\CC)COC1Cc2cc(-c3cc4c(c([C@@H]5CCCN5)c3)COCC4)cnc2N1. The van der Waals surface area contributed by atoms with Crippen LogP contribution in [0.2, 0.25) is 0 Å². The fourth-order valence-electron chi connectivity index (χ4n) is 5.04. The van der Waals surface area contributed by atoms with Gasteiger partial charge in [-0.25, -0.2) is 4.98 Å². The quantitative estimate of drug-likeness (QED) is 0.599. The van der Waals surface area contributed by atoms with E-state index in [0.29, 0.717) is 12.6 Å². The number of pyridine rings is 1. The number of ether oxygens (including phenoxy) is 2. The first-order valence-electron chi connectivity index (χ1n) is 11.9. The molecule has 32 heavy (non-hydrogen) atoms. The minimum absolute atomic E-state index is 0.0357. The maximum Gasteiger partial charge on any atom is 0.133 e. The summed E-state index contributed by atoms with van der Waals surface area (Å²) in [6.45, 7) is 9.18. The third-order valence-corrected chi connectivity index (χ3v) is 6.86. The summed E-state index contributed by atoms with van der Waals surface area (Å²) >= 11 is 0. The number of anilines is 1. The van der Waals surface area contributed by atoms with Gasteiger partial charge in [0.05, 0.1) is 19.8 Å². The highest BCUT2D eigenvalue weighted by Gasteiger charge is 2.26. The number of allylic oxidation sites excluding steroid dienone is 2. The molecular formula is C27H33N3O2. The predicted octanol–water partition coefficient (Wildman–Crippen LogP) is 5.08. The van der Waals surface area contributed by atoms with E-state index >= 15 is 0 Å². The zero-order chi connectivity index (χ0) is 21.9. The Labute approximate surface area is 190 Å². The van der Waals surface area contributed by atoms with Crippen LogP contribution in [0.5, 0.6) is 0 Å². The zero-order valence-corrected chi connectivity index (χ0v) is 19.0. The lowest BCUT2D eigenvalue weighted by Gasteiger charge is -2.24. The van der Waals surface area contributed by atoms with Gasteiger partial charge in [0.15, 0.2) is 0 Å². The lowest BCUT2D eigenvalue weighted by Crippen LogP contribution is -2.21. The largest absolute Gasteiger partial charge is 0.376 e. The van der Waals surface area contributed by atoms with Crippen LogP contribution in [-0.2, 0) is 28.9 Å². The molecule has 0 radical (unpaired) electrons. The van der Waals surface area contributed by atoms with Crippen molar-refractivity contribution in [3.63, 3.8) is 0 Å². The summed E-state index contributed by atoms with van der Waals surface area (Å²) in [4.78, 5) is 4.75. The van der Waals surface area contributed by atoms with Gasteiger partial charge in [0.2, 0.25) is 0 Å². The second kappa shape index (κ2) is 9.57. The summed E-state index contributed by atoms with van der Waals surface area (Å²) in [6.07, 6.45) is 11.0. The Balaban J connectivity index is 1.38. The molecule has 0 bridgehead atoms. The van der Waals surface area contributed by atoms with E-state index in [1.807, 2.05) is 18.3 Å². The van der Waals surface area contributed by atoms with Crippen LogP contribution in [0, 0.1) is 0 Å². The van der Waals surface area contributed by atoms with Crippen molar-refractivity contribution in [1.82, 2.24) is 10.3 Å². The van der Waals surface area contributed by atoms with Crippen LogP contribution < -0.4 is 10.6 Å². The number of benzene rings is 1.